The Bertz CT molecular complexity index is 321. The molecular weight excluding hydrogens is 186 g/mol. The summed E-state index contributed by atoms with van der Waals surface area (Å²) < 4.78 is 0. The summed E-state index contributed by atoms with van der Waals surface area (Å²) in [7, 11) is 0. The molecule has 0 saturated heterocycles. The molecule has 0 radical (unpaired) electrons. The maximum Gasteiger partial charge on any atom is 0.152 e. The van der Waals surface area contributed by atoms with Gasteiger partial charge in [-0.15, -0.1) is 0 Å². The van der Waals surface area contributed by atoms with Gasteiger partial charge in [0.15, 0.2) is 5.82 Å². The Morgan fingerprint density at radius 3 is 2.67 bits per heavy atom. The maximum absolute atomic E-state index is 6.03. The van der Waals surface area contributed by atoms with Crippen molar-refractivity contribution in [3.05, 3.63) is 17.8 Å². The lowest BCUT2D eigenvalue weighted by Crippen LogP contribution is -2.29. The van der Waals surface area contributed by atoms with Crippen LogP contribution >= 0.6 is 0 Å². The fraction of sp³-hybridized carbons (Fsp3) is 0.583. The van der Waals surface area contributed by atoms with Gasteiger partial charge in [-0.1, -0.05) is 13.8 Å². The molecule has 0 spiro atoms. The van der Waals surface area contributed by atoms with Gasteiger partial charge in [0.05, 0.1) is 5.69 Å². The van der Waals surface area contributed by atoms with Crippen molar-refractivity contribution >= 4 is 11.5 Å². The Balaban J connectivity index is 2.96. The fourth-order valence-electron chi connectivity index (χ4n) is 1.61. The second-order valence-corrected chi connectivity index (χ2v) is 4.30. The second kappa shape index (κ2) is 5.01. The van der Waals surface area contributed by atoms with Crippen LogP contribution in [0.4, 0.5) is 11.5 Å². The Morgan fingerprint density at radius 1 is 1.47 bits per heavy atom. The van der Waals surface area contributed by atoms with Crippen molar-refractivity contribution in [3.63, 3.8) is 0 Å². The predicted molar refractivity (Wildman–Crippen MR) is 66.1 cm³/mol. The van der Waals surface area contributed by atoms with E-state index < -0.39 is 0 Å². The molecule has 2 N–H and O–H groups in total. The number of aromatic nitrogens is 1. The van der Waals surface area contributed by atoms with E-state index >= 15 is 0 Å². The van der Waals surface area contributed by atoms with E-state index in [1.54, 1.807) is 0 Å². The van der Waals surface area contributed by atoms with Crippen LogP contribution in [-0.2, 0) is 0 Å². The van der Waals surface area contributed by atoms with Gasteiger partial charge in [-0.2, -0.15) is 0 Å². The minimum absolute atomic E-state index is 0.617. The fourth-order valence-corrected chi connectivity index (χ4v) is 1.61. The van der Waals surface area contributed by atoms with E-state index in [-0.39, 0.29) is 0 Å². The summed E-state index contributed by atoms with van der Waals surface area (Å²) in [4.78, 5) is 6.59. The van der Waals surface area contributed by atoms with E-state index in [1.165, 1.54) is 0 Å². The first-order valence-electron chi connectivity index (χ1n) is 5.52. The number of hydrogen-bond acceptors (Lipinski definition) is 3. The van der Waals surface area contributed by atoms with Gasteiger partial charge in [-0.05, 0) is 31.4 Å². The molecule has 1 rings (SSSR count). The largest absolute Gasteiger partial charge is 0.396 e. The molecule has 0 atom stereocenters. The summed E-state index contributed by atoms with van der Waals surface area (Å²) in [6, 6.07) is 1.95. The number of hydrogen-bond donors (Lipinski definition) is 1. The summed E-state index contributed by atoms with van der Waals surface area (Å²) in [5, 5.41) is 0. The third-order valence-corrected chi connectivity index (χ3v) is 2.45. The highest BCUT2D eigenvalue weighted by Crippen LogP contribution is 2.23. The first kappa shape index (κ1) is 11.8. The molecule has 1 aromatic rings. The zero-order valence-electron chi connectivity index (χ0n) is 10.1. The zero-order chi connectivity index (χ0) is 11.4. The third kappa shape index (κ3) is 2.85. The molecule has 1 heterocycles. The van der Waals surface area contributed by atoms with Crippen LogP contribution in [0.15, 0.2) is 12.3 Å². The van der Waals surface area contributed by atoms with Crippen LogP contribution in [0.5, 0.6) is 0 Å². The van der Waals surface area contributed by atoms with Gasteiger partial charge in [0.25, 0.3) is 0 Å². The van der Waals surface area contributed by atoms with Gasteiger partial charge in [-0.3, -0.25) is 0 Å². The van der Waals surface area contributed by atoms with Gasteiger partial charge >= 0.3 is 0 Å². The Morgan fingerprint density at radius 2 is 2.13 bits per heavy atom. The third-order valence-electron chi connectivity index (χ3n) is 2.45. The summed E-state index contributed by atoms with van der Waals surface area (Å²) >= 11 is 0. The second-order valence-electron chi connectivity index (χ2n) is 4.30. The van der Waals surface area contributed by atoms with E-state index in [4.69, 9.17) is 5.73 Å². The average molecular weight is 207 g/mol. The Labute approximate surface area is 92.3 Å². The van der Waals surface area contributed by atoms with Gasteiger partial charge in [0.2, 0.25) is 0 Å². The lowest BCUT2D eigenvalue weighted by Gasteiger charge is -2.25. The maximum atomic E-state index is 6.03. The van der Waals surface area contributed by atoms with Gasteiger partial charge in [-0.25, -0.2) is 4.98 Å². The number of anilines is 2. The molecule has 0 bridgehead atoms. The molecule has 0 aliphatic heterocycles. The zero-order valence-corrected chi connectivity index (χ0v) is 10.1. The smallest absolute Gasteiger partial charge is 0.152 e. The van der Waals surface area contributed by atoms with E-state index in [0.717, 1.165) is 30.2 Å². The normalized spacial score (nSPS) is 10.7. The van der Waals surface area contributed by atoms with Crippen molar-refractivity contribution < 1.29 is 0 Å². The Hall–Kier alpha value is -1.25. The minimum Gasteiger partial charge on any atom is -0.396 e. The Kier molecular flexibility index (Phi) is 3.95. The van der Waals surface area contributed by atoms with Crippen LogP contribution < -0.4 is 10.6 Å². The molecular formula is C12H21N3. The lowest BCUT2D eigenvalue weighted by molar-refractivity contribution is 0.615. The summed E-state index contributed by atoms with van der Waals surface area (Å²) in [5.41, 5.74) is 7.94. The van der Waals surface area contributed by atoms with Crippen molar-refractivity contribution in [1.82, 2.24) is 4.98 Å². The van der Waals surface area contributed by atoms with Crippen LogP contribution in [0.1, 0.15) is 26.3 Å². The summed E-state index contributed by atoms with van der Waals surface area (Å²) in [6.45, 7) is 10.5. The molecule has 1 aromatic heterocycles. The van der Waals surface area contributed by atoms with E-state index in [0.29, 0.717) is 5.92 Å². The summed E-state index contributed by atoms with van der Waals surface area (Å²) in [6.07, 6.45) is 1.82. The van der Waals surface area contributed by atoms with Crippen LogP contribution in [0.2, 0.25) is 0 Å². The van der Waals surface area contributed by atoms with Gasteiger partial charge < -0.3 is 10.6 Å². The molecule has 0 saturated carbocycles. The number of nitrogens with zero attached hydrogens (tertiary/aromatic N) is 2. The topological polar surface area (TPSA) is 42.2 Å². The summed E-state index contributed by atoms with van der Waals surface area (Å²) in [5.74, 6) is 1.54. The van der Waals surface area contributed by atoms with E-state index in [1.807, 2.05) is 19.2 Å². The van der Waals surface area contributed by atoms with Gasteiger partial charge in [0, 0.05) is 19.3 Å². The monoisotopic (exact) mass is 207 g/mol. The molecule has 15 heavy (non-hydrogen) atoms. The van der Waals surface area contributed by atoms with Crippen LogP contribution in [-0.4, -0.2) is 18.1 Å². The van der Waals surface area contributed by atoms with Crippen molar-refractivity contribution in [2.24, 2.45) is 5.92 Å². The number of pyridine rings is 1. The molecule has 0 unspecified atom stereocenters. The highest BCUT2D eigenvalue weighted by Gasteiger charge is 2.11. The van der Waals surface area contributed by atoms with Gasteiger partial charge in [0.1, 0.15) is 0 Å². The number of aryl methyl sites for hydroxylation is 1. The molecule has 0 aliphatic rings. The quantitative estimate of drug-likeness (QED) is 0.824. The minimum atomic E-state index is 0.617. The molecule has 3 nitrogen and oxygen atoms in total. The number of nitrogen functional groups attached to an aromatic ring is 1. The lowest BCUT2D eigenvalue weighted by atomic mass is 10.2. The van der Waals surface area contributed by atoms with Crippen LogP contribution in [0, 0.1) is 12.8 Å². The highest BCUT2D eigenvalue weighted by atomic mass is 15.2. The molecule has 3 heteroatoms. The van der Waals surface area contributed by atoms with Crippen molar-refractivity contribution in [2.45, 2.75) is 27.7 Å². The van der Waals surface area contributed by atoms with Crippen molar-refractivity contribution in [3.8, 4) is 0 Å². The first-order valence-corrected chi connectivity index (χ1v) is 5.52. The molecule has 84 valence electrons. The average Bonchev–Trinajstić information content (AvgIpc) is 2.19. The van der Waals surface area contributed by atoms with Crippen molar-refractivity contribution in [2.75, 3.05) is 23.7 Å². The van der Waals surface area contributed by atoms with Crippen LogP contribution in [0.25, 0.3) is 0 Å². The number of rotatable bonds is 4. The highest BCUT2D eigenvalue weighted by molar-refractivity contribution is 5.66. The standard InChI is InChI=1S/C12H21N3/c1-5-15(8-9(2)3)12-11(13)10(4)6-7-14-12/h6-7,9H,5,8,13H2,1-4H3. The SMILES string of the molecule is CCN(CC(C)C)c1nccc(C)c1N. The van der Waals surface area contributed by atoms with Crippen LogP contribution in [0.3, 0.4) is 0 Å². The molecule has 0 fully saturated rings. The van der Waals surface area contributed by atoms with E-state index in [2.05, 4.69) is 30.7 Å². The molecule has 0 amide bonds. The van der Waals surface area contributed by atoms with E-state index in [9.17, 15) is 0 Å². The molecule has 0 aliphatic carbocycles. The molecule has 0 aromatic carbocycles. The predicted octanol–water partition coefficient (Wildman–Crippen LogP) is 2.45. The first-order chi connectivity index (χ1) is 7.06. The van der Waals surface area contributed by atoms with Crippen molar-refractivity contribution in [1.29, 1.82) is 0 Å². The number of nitrogens with two attached hydrogens (primary N) is 1.